The van der Waals surface area contributed by atoms with Gasteiger partial charge < -0.3 is 9.84 Å². The van der Waals surface area contributed by atoms with Crippen LogP contribution >= 0.6 is 0 Å². The molecule has 0 aromatic heterocycles. The quantitative estimate of drug-likeness (QED) is 0.164. The number of hydrogen-bond acceptors (Lipinski definition) is 3. The Hall–Kier alpha value is -1.06. The highest BCUT2D eigenvalue weighted by Crippen LogP contribution is 2.31. The highest BCUT2D eigenvalue weighted by Gasteiger charge is 2.36. The van der Waals surface area contributed by atoms with Gasteiger partial charge in [-0.05, 0) is 25.2 Å². The molecule has 1 N–H and O–H groups in total. The lowest BCUT2D eigenvalue weighted by Crippen LogP contribution is -2.33. The standard InChI is InChI=1S/C27H50O4/c1-3-23(2)19-15-13-11-9-7-5-4-6-8-10-12-14-18-22-31-27(30)25-21-17-16-20-24(25)26(28)29/h23-25H,3-22H2,1-2H3,(H,28,29). The van der Waals surface area contributed by atoms with E-state index in [4.69, 9.17) is 4.74 Å². The van der Waals surface area contributed by atoms with E-state index in [0.29, 0.717) is 19.4 Å². The van der Waals surface area contributed by atoms with Gasteiger partial charge in [-0.2, -0.15) is 0 Å². The molecule has 0 spiro atoms. The second-order valence-electron chi connectivity index (χ2n) is 9.90. The zero-order valence-corrected chi connectivity index (χ0v) is 20.5. The van der Waals surface area contributed by atoms with Gasteiger partial charge in [0.1, 0.15) is 0 Å². The number of carboxylic acid groups (broad SMARTS) is 1. The first-order valence-corrected chi connectivity index (χ1v) is 13.5. The van der Waals surface area contributed by atoms with Gasteiger partial charge in [0.2, 0.25) is 0 Å². The summed E-state index contributed by atoms with van der Waals surface area (Å²) in [5.74, 6) is -1.21. The summed E-state index contributed by atoms with van der Waals surface area (Å²) in [5.41, 5.74) is 0. The number of ether oxygens (including phenoxy) is 1. The van der Waals surface area contributed by atoms with E-state index in [-0.39, 0.29) is 5.97 Å². The lowest BCUT2D eigenvalue weighted by molar-refractivity contribution is -0.159. The van der Waals surface area contributed by atoms with E-state index in [1.54, 1.807) is 0 Å². The Labute approximate surface area is 191 Å². The lowest BCUT2D eigenvalue weighted by atomic mass is 9.79. The van der Waals surface area contributed by atoms with Crippen molar-refractivity contribution in [2.24, 2.45) is 17.8 Å². The molecule has 0 radical (unpaired) electrons. The van der Waals surface area contributed by atoms with Crippen molar-refractivity contribution < 1.29 is 19.4 Å². The Morgan fingerprint density at radius 3 is 1.71 bits per heavy atom. The second-order valence-corrected chi connectivity index (χ2v) is 9.90. The average molecular weight is 439 g/mol. The maximum Gasteiger partial charge on any atom is 0.309 e. The molecule has 1 aliphatic rings. The van der Waals surface area contributed by atoms with Gasteiger partial charge in [-0.1, -0.05) is 117 Å². The summed E-state index contributed by atoms with van der Waals surface area (Å²) >= 11 is 0. The minimum atomic E-state index is -0.848. The third-order valence-electron chi connectivity index (χ3n) is 7.17. The van der Waals surface area contributed by atoms with E-state index in [0.717, 1.165) is 31.6 Å². The van der Waals surface area contributed by atoms with E-state index >= 15 is 0 Å². The molecule has 0 aromatic carbocycles. The van der Waals surface area contributed by atoms with Crippen molar-refractivity contribution >= 4 is 11.9 Å². The molecule has 3 unspecified atom stereocenters. The van der Waals surface area contributed by atoms with Crippen LogP contribution in [0.3, 0.4) is 0 Å². The summed E-state index contributed by atoms with van der Waals surface area (Å²) < 4.78 is 5.38. The van der Waals surface area contributed by atoms with Crippen LogP contribution in [-0.4, -0.2) is 23.7 Å². The van der Waals surface area contributed by atoms with Crippen LogP contribution in [0.15, 0.2) is 0 Å². The smallest absolute Gasteiger partial charge is 0.309 e. The van der Waals surface area contributed by atoms with Crippen LogP contribution in [0.5, 0.6) is 0 Å². The number of aliphatic carboxylic acids is 1. The fourth-order valence-electron chi connectivity index (χ4n) is 4.73. The van der Waals surface area contributed by atoms with Crippen LogP contribution in [0.1, 0.15) is 136 Å². The van der Waals surface area contributed by atoms with Gasteiger partial charge in [0.15, 0.2) is 0 Å². The first-order valence-electron chi connectivity index (χ1n) is 13.5. The van der Waals surface area contributed by atoms with E-state index < -0.39 is 17.8 Å². The topological polar surface area (TPSA) is 63.6 Å². The molecule has 1 aliphatic carbocycles. The predicted octanol–water partition coefficient (Wildman–Crippen LogP) is 7.93. The fourth-order valence-corrected chi connectivity index (χ4v) is 4.73. The van der Waals surface area contributed by atoms with Crippen LogP contribution < -0.4 is 0 Å². The maximum absolute atomic E-state index is 12.2. The Bertz CT molecular complexity index is 462. The highest BCUT2D eigenvalue weighted by molar-refractivity contribution is 5.81. The summed E-state index contributed by atoms with van der Waals surface area (Å²) in [4.78, 5) is 23.5. The van der Waals surface area contributed by atoms with Crippen LogP contribution in [0.4, 0.5) is 0 Å². The molecule has 0 aliphatic heterocycles. The third-order valence-corrected chi connectivity index (χ3v) is 7.17. The number of carbonyl (C=O) groups excluding carboxylic acids is 1. The predicted molar refractivity (Wildman–Crippen MR) is 128 cm³/mol. The number of carboxylic acids is 1. The van der Waals surface area contributed by atoms with Crippen molar-refractivity contribution in [3.8, 4) is 0 Å². The first kappa shape index (κ1) is 28.0. The summed E-state index contributed by atoms with van der Waals surface area (Å²) in [7, 11) is 0. The van der Waals surface area contributed by atoms with Gasteiger partial charge in [-0.15, -0.1) is 0 Å². The monoisotopic (exact) mass is 438 g/mol. The van der Waals surface area contributed by atoms with Crippen molar-refractivity contribution in [2.75, 3.05) is 6.61 Å². The number of unbranched alkanes of at least 4 members (excludes halogenated alkanes) is 12. The first-order chi connectivity index (χ1) is 15.1. The van der Waals surface area contributed by atoms with E-state index in [9.17, 15) is 14.7 Å². The molecule has 0 saturated heterocycles. The molecule has 0 bridgehead atoms. The lowest BCUT2D eigenvalue weighted by Gasteiger charge is -2.26. The third kappa shape index (κ3) is 13.9. The van der Waals surface area contributed by atoms with Gasteiger partial charge in [-0.25, -0.2) is 0 Å². The molecule has 0 aromatic rings. The molecule has 1 saturated carbocycles. The minimum Gasteiger partial charge on any atom is -0.481 e. The summed E-state index contributed by atoms with van der Waals surface area (Å²) in [6.07, 6.45) is 22.8. The fraction of sp³-hybridized carbons (Fsp3) is 0.926. The van der Waals surface area contributed by atoms with Gasteiger partial charge in [0, 0.05) is 0 Å². The zero-order valence-electron chi connectivity index (χ0n) is 20.5. The molecular weight excluding hydrogens is 388 g/mol. The number of carbonyl (C=O) groups is 2. The summed E-state index contributed by atoms with van der Waals surface area (Å²) in [6, 6.07) is 0. The van der Waals surface area contributed by atoms with E-state index in [1.165, 1.54) is 83.5 Å². The number of esters is 1. The van der Waals surface area contributed by atoms with Crippen molar-refractivity contribution in [3.05, 3.63) is 0 Å². The molecule has 3 atom stereocenters. The minimum absolute atomic E-state index is 0.289. The molecule has 1 rings (SSSR count). The molecule has 0 amide bonds. The van der Waals surface area contributed by atoms with Crippen molar-refractivity contribution in [2.45, 2.75) is 136 Å². The van der Waals surface area contributed by atoms with Crippen LogP contribution in [0.2, 0.25) is 0 Å². The van der Waals surface area contributed by atoms with Crippen molar-refractivity contribution in [1.29, 1.82) is 0 Å². The average Bonchev–Trinajstić information content (AvgIpc) is 2.78. The van der Waals surface area contributed by atoms with Crippen molar-refractivity contribution in [3.63, 3.8) is 0 Å². The molecule has 0 heterocycles. The Morgan fingerprint density at radius 2 is 1.23 bits per heavy atom. The largest absolute Gasteiger partial charge is 0.481 e. The van der Waals surface area contributed by atoms with Crippen LogP contribution in [0, 0.1) is 17.8 Å². The SMILES string of the molecule is CCC(C)CCCCCCCCCCCCCCCOC(=O)C1CCCCC1C(=O)O. The molecule has 182 valence electrons. The highest BCUT2D eigenvalue weighted by atomic mass is 16.5. The Kier molecular flexibility index (Phi) is 16.7. The van der Waals surface area contributed by atoms with Crippen LogP contribution in [-0.2, 0) is 14.3 Å². The number of hydrogen-bond donors (Lipinski definition) is 1. The van der Waals surface area contributed by atoms with E-state index in [1.807, 2.05) is 0 Å². The second kappa shape index (κ2) is 18.5. The molecule has 4 heteroatoms. The van der Waals surface area contributed by atoms with Crippen LogP contribution in [0.25, 0.3) is 0 Å². The van der Waals surface area contributed by atoms with Gasteiger partial charge >= 0.3 is 11.9 Å². The zero-order chi connectivity index (χ0) is 22.7. The number of rotatable bonds is 19. The van der Waals surface area contributed by atoms with Gasteiger partial charge in [0.05, 0.1) is 18.4 Å². The maximum atomic E-state index is 12.2. The van der Waals surface area contributed by atoms with Gasteiger partial charge in [-0.3, -0.25) is 9.59 Å². The Morgan fingerprint density at radius 1 is 0.774 bits per heavy atom. The van der Waals surface area contributed by atoms with Crippen molar-refractivity contribution in [1.82, 2.24) is 0 Å². The van der Waals surface area contributed by atoms with E-state index in [2.05, 4.69) is 13.8 Å². The normalized spacial score (nSPS) is 19.8. The molecule has 4 nitrogen and oxygen atoms in total. The summed E-state index contributed by atoms with van der Waals surface area (Å²) in [5, 5.41) is 9.28. The Balaban J connectivity index is 1.84. The summed E-state index contributed by atoms with van der Waals surface area (Å²) in [6.45, 7) is 5.10. The molecular formula is C27H50O4. The molecule has 1 fully saturated rings. The molecule has 31 heavy (non-hydrogen) atoms. The van der Waals surface area contributed by atoms with Gasteiger partial charge in [0.25, 0.3) is 0 Å².